The zero-order chi connectivity index (χ0) is 13.8. The molecule has 104 valence electrons. The van der Waals surface area contributed by atoms with Gasteiger partial charge in [-0.2, -0.15) is 0 Å². The first-order valence-corrected chi connectivity index (χ1v) is 6.21. The van der Waals surface area contributed by atoms with E-state index in [4.69, 9.17) is 0 Å². The van der Waals surface area contributed by atoms with E-state index in [1.165, 1.54) is 12.1 Å². The number of hydrogen-bond donors (Lipinski definition) is 2. The van der Waals surface area contributed by atoms with Crippen molar-refractivity contribution in [3.63, 3.8) is 0 Å². The molecule has 1 saturated heterocycles. The molecule has 2 rings (SSSR count). The van der Waals surface area contributed by atoms with Gasteiger partial charge in [0.1, 0.15) is 17.7 Å². The van der Waals surface area contributed by atoms with Gasteiger partial charge in [0.05, 0.1) is 0 Å². The number of carbonyl (C=O) groups is 1. The third-order valence-corrected chi connectivity index (χ3v) is 3.21. The summed E-state index contributed by atoms with van der Waals surface area (Å²) >= 11 is 0. The number of carbonyl (C=O) groups excluding carboxylic acids is 1. The highest BCUT2D eigenvalue weighted by Gasteiger charge is 2.27. The Morgan fingerprint density at radius 1 is 1.42 bits per heavy atom. The normalized spacial score (nSPS) is 20.3. The summed E-state index contributed by atoms with van der Waals surface area (Å²) in [5.41, 5.74) is 0.535. The van der Waals surface area contributed by atoms with E-state index >= 15 is 0 Å². The number of hydrogen-bond acceptors (Lipinski definition) is 3. The Balaban J connectivity index is 2.12. The maximum Gasteiger partial charge on any atom is 0.238 e. The molecular formula is C13H17F2N3O. The lowest BCUT2D eigenvalue weighted by molar-refractivity contribution is -0.126. The van der Waals surface area contributed by atoms with E-state index < -0.39 is 11.6 Å². The first-order chi connectivity index (χ1) is 9.10. The van der Waals surface area contributed by atoms with Gasteiger partial charge in [0.25, 0.3) is 0 Å². The number of likely N-dealkylation sites (N-methyl/N-ethyl adjacent to an activating group) is 1. The SMILES string of the molecule is CNC(=O)C1CNCCN1Cc1cc(F)cc(F)c1. The molecule has 1 aliphatic rings. The van der Waals surface area contributed by atoms with Crippen molar-refractivity contribution in [2.45, 2.75) is 12.6 Å². The number of nitrogens with one attached hydrogen (secondary N) is 2. The van der Waals surface area contributed by atoms with E-state index in [2.05, 4.69) is 10.6 Å². The molecule has 1 aromatic rings. The van der Waals surface area contributed by atoms with E-state index in [0.29, 0.717) is 25.2 Å². The van der Waals surface area contributed by atoms with Crippen LogP contribution >= 0.6 is 0 Å². The van der Waals surface area contributed by atoms with Gasteiger partial charge in [-0.25, -0.2) is 8.78 Å². The first kappa shape index (κ1) is 13.9. The van der Waals surface area contributed by atoms with Gasteiger partial charge in [0.15, 0.2) is 0 Å². The smallest absolute Gasteiger partial charge is 0.238 e. The maximum atomic E-state index is 13.2. The van der Waals surface area contributed by atoms with Crippen LogP contribution in [0, 0.1) is 11.6 Å². The van der Waals surface area contributed by atoms with Gasteiger partial charge in [0.2, 0.25) is 5.91 Å². The molecule has 6 heteroatoms. The minimum atomic E-state index is -0.596. The largest absolute Gasteiger partial charge is 0.358 e. The van der Waals surface area contributed by atoms with Crippen molar-refractivity contribution in [1.82, 2.24) is 15.5 Å². The van der Waals surface area contributed by atoms with E-state index in [9.17, 15) is 13.6 Å². The number of halogens is 2. The molecule has 19 heavy (non-hydrogen) atoms. The first-order valence-electron chi connectivity index (χ1n) is 6.21. The van der Waals surface area contributed by atoms with Crippen LogP contribution in [0.1, 0.15) is 5.56 Å². The van der Waals surface area contributed by atoms with Crippen LogP contribution in [0.15, 0.2) is 18.2 Å². The summed E-state index contributed by atoms with van der Waals surface area (Å²) in [6.45, 7) is 2.31. The minimum Gasteiger partial charge on any atom is -0.358 e. The number of nitrogens with zero attached hydrogens (tertiary/aromatic N) is 1. The Morgan fingerprint density at radius 3 is 2.74 bits per heavy atom. The van der Waals surface area contributed by atoms with Crippen LogP contribution in [0.5, 0.6) is 0 Å². The molecule has 1 aliphatic heterocycles. The van der Waals surface area contributed by atoms with Gasteiger partial charge < -0.3 is 10.6 Å². The fourth-order valence-electron chi connectivity index (χ4n) is 2.30. The van der Waals surface area contributed by atoms with Crippen molar-refractivity contribution in [3.8, 4) is 0 Å². The molecule has 1 heterocycles. The van der Waals surface area contributed by atoms with Crippen molar-refractivity contribution in [3.05, 3.63) is 35.4 Å². The molecule has 1 aromatic carbocycles. The van der Waals surface area contributed by atoms with Gasteiger partial charge in [-0.15, -0.1) is 0 Å². The third kappa shape index (κ3) is 3.48. The molecule has 0 saturated carbocycles. The van der Waals surface area contributed by atoms with Crippen LogP contribution in [0.25, 0.3) is 0 Å². The molecule has 0 bridgehead atoms. The van der Waals surface area contributed by atoms with E-state index in [-0.39, 0.29) is 11.9 Å². The van der Waals surface area contributed by atoms with Crippen molar-refractivity contribution in [1.29, 1.82) is 0 Å². The molecule has 1 fully saturated rings. The van der Waals surface area contributed by atoms with Crippen LogP contribution in [-0.2, 0) is 11.3 Å². The highest BCUT2D eigenvalue weighted by molar-refractivity contribution is 5.81. The van der Waals surface area contributed by atoms with Crippen molar-refractivity contribution < 1.29 is 13.6 Å². The van der Waals surface area contributed by atoms with Crippen LogP contribution < -0.4 is 10.6 Å². The molecule has 1 unspecified atom stereocenters. The van der Waals surface area contributed by atoms with Crippen molar-refractivity contribution in [2.24, 2.45) is 0 Å². The van der Waals surface area contributed by atoms with Crippen LogP contribution in [0.2, 0.25) is 0 Å². The van der Waals surface area contributed by atoms with E-state index in [1.54, 1.807) is 7.05 Å². The third-order valence-electron chi connectivity index (χ3n) is 3.21. The summed E-state index contributed by atoms with van der Waals surface area (Å²) in [6.07, 6.45) is 0. The molecule has 1 atom stereocenters. The summed E-state index contributed by atoms with van der Waals surface area (Å²) in [7, 11) is 1.58. The standard InChI is InChI=1S/C13H17F2N3O/c1-16-13(19)12-7-17-2-3-18(12)8-9-4-10(14)6-11(15)5-9/h4-6,12,17H,2-3,7-8H2,1H3,(H,16,19). The van der Waals surface area contributed by atoms with Gasteiger partial charge >= 0.3 is 0 Å². The number of amides is 1. The molecular weight excluding hydrogens is 252 g/mol. The highest BCUT2D eigenvalue weighted by atomic mass is 19.1. The van der Waals surface area contributed by atoms with E-state index in [1.807, 2.05) is 4.90 Å². The molecule has 1 amide bonds. The zero-order valence-electron chi connectivity index (χ0n) is 10.7. The second kappa shape index (κ2) is 6.08. The fourth-order valence-corrected chi connectivity index (χ4v) is 2.30. The lowest BCUT2D eigenvalue weighted by atomic mass is 10.1. The summed E-state index contributed by atoms with van der Waals surface area (Å²) in [5.74, 6) is -1.28. The topological polar surface area (TPSA) is 44.4 Å². The molecule has 0 aromatic heterocycles. The molecule has 0 spiro atoms. The predicted molar refractivity (Wildman–Crippen MR) is 67.5 cm³/mol. The summed E-state index contributed by atoms with van der Waals surface area (Å²) in [6, 6.07) is 3.13. The van der Waals surface area contributed by atoms with E-state index in [0.717, 1.165) is 12.6 Å². The lowest BCUT2D eigenvalue weighted by Gasteiger charge is -2.34. The minimum absolute atomic E-state index is 0.0934. The number of rotatable bonds is 3. The zero-order valence-corrected chi connectivity index (χ0v) is 10.7. The Morgan fingerprint density at radius 2 is 2.11 bits per heavy atom. The molecule has 0 aliphatic carbocycles. The van der Waals surface area contributed by atoms with Crippen molar-refractivity contribution in [2.75, 3.05) is 26.7 Å². The maximum absolute atomic E-state index is 13.2. The summed E-state index contributed by atoms with van der Waals surface area (Å²) in [5, 5.41) is 5.74. The second-order valence-corrected chi connectivity index (χ2v) is 4.58. The lowest BCUT2D eigenvalue weighted by Crippen LogP contribution is -2.56. The van der Waals surface area contributed by atoms with Crippen LogP contribution in [-0.4, -0.2) is 43.5 Å². The second-order valence-electron chi connectivity index (χ2n) is 4.58. The van der Waals surface area contributed by atoms with Crippen molar-refractivity contribution >= 4 is 5.91 Å². The quantitative estimate of drug-likeness (QED) is 0.839. The molecule has 4 nitrogen and oxygen atoms in total. The molecule has 2 N–H and O–H groups in total. The fraction of sp³-hybridized carbons (Fsp3) is 0.462. The summed E-state index contributed by atoms with van der Waals surface area (Å²) < 4.78 is 26.3. The number of piperazine rings is 1. The van der Waals surface area contributed by atoms with Gasteiger partial charge in [0, 0.05) is 39.3 Å². The van der Waals surface area contributed by atoms with Gasteiger partial charge in [-0.05, 0) is 17.7 Å². The number of benzene rings is 1. The Kier molecular flexibility index (Phi) is 4.44. The highest BCUT2D eigenvalue weighted by Crippen LogP contribution is 2.13. The van der Waals surface area contributed by atoms with Gasteiger partial charge in [-0.3, -0.25) is 9.69 Å². The van der Waals surface area contributed by atoms with Gasteiger partial charge in [-0.1, -0.05) is 0 Å². The Hall–Kier alpha value is -1.53. The Labute approximate surface area is 110 Å². The van der Waals surface area contributed by atoms with Crippen LogP contribution in [0.3, 0.4) is 0 Å². The van der Waals surface area contributed by atoms with Crippen LogP contribution in [0.4, 0.5) is 8.78 Å². The summed E-state index contributed by atoms with van der Waals surface area (Å²) in [4.78, 5) is 13.7. The average Bonchev–Trinajstić information content (AvgIpc) is 2.37. The monoisotopic (exact) mass is 269 g/mol. The molecule has 0 radical (unpaired) electrons. The predicted octanol–water partition coefficient (Wildman–Crippen LogP) is 0.485. The Bertz CT molecular complexity index is 447. The average molecular weight is 269 g/mol.